The van der Waals surface area contributed by atoms with Gasteiger partial charge in [0.25, 0.3) is 5.56 Å². The van der Waals surface area contributed by atoms with E-state index >= 15 is 0 Å². The third-order valence-electron chi connectivity index (χ3n) is 5.81. The molecule has 0 spiro atoms. The molecule has 0 amide bonds. The summed E-state index contributed by atoms with van der Waals surface area (Å²) in [4.78, 5) is 28.3. The van der Waals surface area contributed by atoms with Crippen molar-refractivity contribution < 1.29 is 0 Å². The molecule has 5 rings (SSSR count). The van der Waals surface area contributed by atoms with Crippen molar-refractivity contribution in [1.82, 2.24) is 24.1 Å². The predicted octanol–water partition coefficient (Wildman–Crippen LogP) is 4.87. The third-order valence-corrected chi connectivity index (χ3v) is 5.81. The zero-order chi connectivity index (χ0) is 21.0. The number of fused-ring (bicyclic) bond motifs is 4. The summed E-state index contributed by atoms with van der Waals surface area (Å²) in [6.45, 7) is 8.06. The molecule has 3 heterocycles. The van der Waals surface area contributed by atoms with Gasteiger partial charge in [-0.1, -0.05) is 36.8 Å². The molecule has 0 bridgehead atoms. The molecule has 0 radical (unpaired) electrons. The summed E-state index contributed by atoms with van der Waals surface area (Å²) in [7, 11) is 0. The molecule has 6 nitrogen and oxygen atoms in total. The summed E-state index contributed by atoms with van der Waals surface area (Å²) in [6, 6.07) is 16.0. The lowest BCUT2D eigenvalue weighted by Gasteiger charge is -2.16. The van der Waals surface area contributed by atoms with Gasteiger partial charge >= 0.3 is 0 Å². The van der Waals surface area contributed by atoms with Gasteiger partial charge in [0.2, 0.25) is 0 Å². The Morgan fingerprint density at radius 3 is 2.23 bits per heavy atom. The summed E-state index contributed by atoms with van der Waals surface area (Å²) >= 11 is 0. The highest BCUT2D eigenvalue weighted by Crippen LogP contribution is 2.29. The van der Waals surface area contributed by atoms with E-state index < -0.39 is 0 Å². The van der Waals surface area contributed by atoms with Crippen LogP contribution >= 0.6 is 0 Å². The van der Waals surface area contributed by atoms with Crippen molar-refractivity contribution in [2.75, 3.05) is 0 Å². The standard InChI is InChI=1S/C24H23N5O/c1-5-15(3)28-16(4)25-22-20(24(28)30)21-23(27-19-9-7-6-8-18(19)26-21)29(22)17-12-10-14(2)11-13-17/h6-13,15H,5H2,1-4H3. The van der Waals surface area contributed by atoms with E-state index in [0.717, 1.165) is 23.1 Å². The van der Waals surface area contributed by atoms with Gasteiger partial charge in [0.15, 0.2) is 11.3 Å². The minimum Gasteiger partial charge on any atom is -0.293 e. The molecule has 0 saturated heterocycles. The molecule has 5 aromatic rings. The van der Waals surface area contributed by atoms with E-state index in [9.17, 15) is 4.79 Å². The highest BCUT2D eigenvalue weighted by Gasteiger charge is 2.23. The SMILES string of the molecule is CCC(C)n1c(C)nc2c(c1=O)c1nc3ccccc3nc1n2-c1ccc(C)cc1. The first-order chi connectivity index (χ1) is 14.5. The third kappa shape index (κ3) is 2.64. The topological polar surface area (TPSA) is 65.6 Å². The molecule has 0 aliphatic heterocycles. The molecular weight excluding hydrogens is 374 g/mol. The van der Waals surface area contributed by atoms with Gasteiger partial charge in [0.1, 0.15) is 16.7 Å². The summed E-state index contributed by atoms with van der Waals surface area (Å²) in [5.41, 5.74) is 5.43. The van der Waals surface area contributed by atoms with Gasteiger partial charge in [-0.2, -0.15) is 0 Å². The molecule has 0 fully saturated rings. The minimum atomic E-state index is -0.0627. The molecular formula is C24H23N5O. The molecule has 6 heteroatoms. The fourth-order valence-corrected chi connectivity index (χ4v) is 4.05. The van der Waals surface area contributed by atoms with Crippen molar-refractivity contribution in [3.8, 4) is 5.69 Å². The lowest BCUT2D eigenvalue weighted by Crippen LogP contribution is -2.26. The number of benzene rings is 2. The maximum atomic E-state index is 13.6. The predicted molar refractivity (Wildman–Crippen MR) is 120 cm³/mol. The van der Waals surface area contributed by atoms with E-state index in [0.29, 0.717) is 28.0 Å². The quantitative estimate of drug-likeness (QED) is 0.436. The van der Waals surface area contributed by atoms with Crippen LogP contribution in [0.15, 0.2) is 53.3 Å². The summed E-state index contributed by atoms with van der Waals surface area (Å²) in [6.07, 6.45) is 0.846. The normalized spacial score (nSPS) is 12.8. The number of aromatic nitrogens is 5. The maximum absolute atomic E-state index is 13.6. The van der Waals surface area contributed by atoms with E-state index in [1.54, 1.807) is 4.57 Å². The second kappa shape index (κ2) is 6.76. The summed E-state index contributed by atoms with van der Waals surface area (Å²) < 4.78 is 3.73. The van der Waals surface area contributed by atoms with Crippen LogP contribution in [0.3, 0.4) is 0 Å². The highest BCUT2D eigenvalue weighted by atomic mass is 16.1. The fraction of sp³-hybridized carbons (Fsp3) is 0.250. The maximum Gasteiger partial charge on any atom is 0.265 e. The Labute approximate surface area is 173 Å². The molecule has 1 atom stereocenters. The molecule has 1 unspecified atom stereocenters. The van der Waals surface area contributed by atoms with E-state index in [1.807, 2.05) is 54.8 Å². The number of hydrogen-bond acceptors (Lipinski definition) is 4. The van der Waals surface area contributed by atoms with Crippen LogP contribution in [0.5, 0.6) is 0 Å². The number of para-hydroxylation sites is 2. The van der Waals surface area contributed by atoms with Gasteiger partial charge in [-0.05, 0) is 51.5 Å². The summed E-state index contributed by atoms with van der Waals surface area (Å²) in [5.74, 6) is 0.697. The Hall–Kier alpha value is -3.54. The molecule has 0 saturated carbocycles. The van der Waals surface area contributed by atoms with Crippen molar-refractivity contribution in [1.29, 1.82) is 0 Å². The van der Waals surface area contributed by atoms with Crippen LogP contribution in [-0.4, -0.2) is 24.1 Å². The van der Waals surface area contributed by atoms with Crippen LogP contribution in [-0.2, 0) is 0 Å². The Bertz CT molecular complexity index is 1480. The van der Waals surface area contributed by atoms with Crippen LogP contribution < -0.4 is 5.56 Å². The van der Waals surface area contributed by atoms with E-state index in [2.05, 4.69) is 26.0 Å². The molecule has 0 N–H and O–H groups in total. The average molecular weight is 397 g/mol. The van der Waals surface area contributed by atoms with Gasteiger partial charge in [0, 0.05) is 11.7 Å². The Kier molecular flexibility index (Phi) is 4.17. The highest BCUT2D eigenvalue weighted by molar-refractivity contribution is 6.05. The second-order valence-corrected chi connectivity index (χ2v) is 7.85. The smallest absolute Gasteiger partial charge is 0.265 e. The van der Waals surface area contributed by atoms with E-state index in [4.69, 9.17) is 15.0 Å². The molecule has 0 aliphatic rings. The molecule has 0 aliphatic carbocycles. The van der Waals surface area contributed by atoms with Crippen molar-refractivity contribution in [2.45, 2.75) is 40.2 Å². The largest absolute Gasteiger partial charge is 0.293 e. The molecule has 2 aromatic carbocycles. The zero-order valence-electron chi connectivity index (χ0n) is 17.5. The van der Waals surface area contributed by atoms with Crippen molar-refractivity contribution in [2.24, 2.45) is 0 Å². The van der Waals surface area contributed by atoms with Crippen LogP contribution in [0.1, 0.15) is 37.7 Å². The minimum absolute atomic E-state index is 0.0561. The number of nitrogens with zero attached hydrogens (tertiary/aromatic N) is 5. The van der Waals surface area contributed by atoms with Crippen molar-refractivity contribution >= 4 is 33.2 Å². The molecule has 3 aromatic heterocycles. The Balaban J connectivity index is 2.01. The van der Waals surface area contributed by atoms with E-state index in [1.165, 1.54) is 5.56 Å². The van der Waals surface area contributed by atoms with Crippen molar-refractivity contribution in [3.63, 3.8) is 0 Å². The number of rotatable bonds is 3. The Morgan fingerprint density at radius 2 is 1.57 bits per heavy atom. The van der Waals surface area contributed by atoms with Gasteiger partial charge in [-0.25, -0.2) is 15.0 Å². The number of hydrogen-bond donors (Lipinski definition) is 0. The lowest BCUT2D eigenvalue weighted by molar-refractivity contribution is 0.497. The lowest BCUT2D eigenvalue weighted by atomic mass is 10.2. The second-order valence-electron chi connectivity index (χ2n) is 7.85. The van der Waals surface area contributed by atoms with Gasteiger partial charge in [-0.15, -0.1) is 0 Å². The van der Waals surface area contributed by atoms with Gasteiger partial charge in [0.05, 0.1) is 11.0 Å². The van der Waals surface area contributed by atoms with Crippen LogP contribution in [0.2, 0.25) is 0 Å². The van der Waals surface area contributed by atoms with Crippen LogP contribution in [0, 0.1) is 13.8 Å². The monoisotopic (exact) mass is 397 g/mol. The molecule has 30 heavy (non-hydrogen) atoms. The zero-order valence-corrected chi connectivity index (χ0v) is 17.5. The number of aryl methyl sites for hydroxylation is 2. The van der Waals surface area contributed by atoms with Crippen molar-refractivity contribution in [3.05, 3.63) is 70.3 Å². The molecule has 150 valence electrons. The van der Waals surface area contributed by atoms with E-state index in [-0.39, 0.29) is 11.6 Å². The van der Waals surface area contributed by atoms with Crippen LogP contribution in [0.25, 0.3) is 38.9 Å². The van der Waals surface area contributed by atoms with Crippen LogP contribution in [0.4, 0.5) is 0 Å². The average Bonchev–Trinajstić information content (AvgIpc) is 3.05. The van der Waals surface area contributed by atoms with Gasteiger partial charge in [-0.3, -0.25) is 13.9 Å². The fourth-order valence-electron chi connectivity index (χ4n) is 4.05. The first kappa shape index (κ1) is 18.5. The van der Waals surface area contributed by atoms with Gasteiger partial charge < -0.3 is 0 Å². The first-order valence-corrected chi connectivity index (χ1v) is 10.3. The first-order valence-electron chi connectivity index (χ1n) is 10.3. The summed E-state index contributed by atoms with van der Waals surface area (Å²) in [5, 5.41) is 0.523. The Morgan fingerprint density at radius 1 is 0.900 bits per heavy atom.